The molecule has 8 nitrogen and oxygen atoms in total. The van der Waals surface area contributed by atoms with E-state index in [0.717, 1.165) is 70.9 Å². The number of piperidine rings is 1. The van der Waals surface area contributed by atoms with Gasteiger partial charge in [-0.05, 0) is 86.7 Å². The van der Waals surface area contributed by atoms with Crippen LogP contribution in [0.25, 0.3) is 22.0 Å². The van der Waals surface area contributed by atoms with Crippen molar-refractivity contribution in [1.82, 2.24) is 20.3 Å². The summed E-state index contributed by atoms with van der Waals surface area (Å²) in [4.78, 5) is 27.1. The van der Waals surface area contributed by atoms with Crippen LogP contribution in [0.15, 0.2) is 60.9 Å². The summed E-state index contributed by atoms with van der Waals surface area (Å²) in [6.07, 6.45) is 8.26. The first-order chi connectivity index (χ1) is 20.1. The predicted molar refractivity (Wildman–Crippen MR) is 161 cm³/mol. The van der Waals surface area contributed by atoms with Gasteiger partial charge in [0.15, 0.2) is 0 Å². The van der Waals surface area contributed by atoms with Crippen LogP contribution in [0.4, 0.5) is 11.6 Å². The Morgan fingerprint density at radius 3 is 2.73 bits per heavy atom. The minimum atomic E-state index is 0.122. The Hall–Kier alpha value is -4.04. The summed E-state index contributed by atoms with van der Waals surface area (Å²) in [6.45, 7) is 6.19. The molecule has 1 aliphatic heterocycles. The lowest BCUT2D eigenvalue weighted by molar-refractivity contribution is -0.117. The maximum atomic E-state index is 13.2. The Labute approximate surface area is 240 Å². The van der Waals surface area contributed by atoms with Gasteiger partial charge in [-0.2, -0.15) is 0 Å². The van der Waals surface area contributed by atoms with E-state index in [2.05, 4.69) is 38.9 Å². The number of amides is 1. The van der Waals surface area contributed by atoms with Crippen LogP contribution in [0.5, 0.6) is 11.6 Å². The standard InChI is InChI=1S/C33H36N6O2/c1-19-10-13-23-24(7-3-9-26(23)38-31(40)29-20(2)28(29)21-11-12-21)30(19)41-32-25(8-5-16-35-32)27-14-17-36-33(39-27)37-22-6-4-15-34-18-22/h3,5,7-10,13-14,16-17,20-22,28-29,34H,4,6,11-12,15,18H2,1-2H3,(H,38,40)(H,36,37,39)/t20?,22-,28?,29?/m0/s1. The summed E-state index contributed by atoms with van der Waals surface area (Å²) in [5.74, 6) is 3.81. The van der Waals surface area contributed by atoms with Crippen LogP contribution < -0.4 is 20.7 Å². The average molecular weight is 549 g/mol. The van der Waals surface area contributed by atoms with Crippen LogP contribution in [-0.4, -0.2) is 40.0 Å². The zero-order valence-electron chi connectivity index (χ0n) is 23.6. The highest BCUT2D eigenvalue weighted by Crippen LogP contribution is 2.59. The molecule has 4 aromatic rings. The third-order valence-electron chi connectivity index (χ3n) is 8.91. The molecule has 0 radical (unpaired) electrons. The normalized spacial score (nSPS) is 23.7. The van der Waals surface area contributed by atoms with Crippen molar-refractivity contribution >= 4 is 28.3 Å². The number of hydrogen-bond acceptors (Lipinski definition) is 7. The number of hydrogen-bond donors (Lipinski definition) is 3. The van der Waals surface area contributed by atoms with Crippen LogP contribution in [-0.2, 0) is 4.79 Å². The third-order valence-corrected chi connectivity index (χ3v) is 8.91. The molecule has 4 atom stereocenters. The molecule has 8 heteroatoms. The van der Waals surface area contributed by atoms with E-state index in [-0.39, 0.29) is 11.8 Å². The summed E-state index contributed by atoms with van der Waals surface area (Å²) in [7, 11) is 0. The van der Waals surface area contributed by atoms with Crippen molar-refractivity contribution in [1.29, 1.82) is 0 Å². The molecule has 3 fully saturated rings. The molecule has 7 rings (SSSR count). The van der Waals surface area contributed by atoms with Crippen LogP contribution in [0.1, 0.15) is 38.2 Å². The summed E-state index contributed by atoms with van der Waals surface area (Å²) in [5.41, 5.74) is 3.33. The molecule has 2 aliphatic carbocycles. The molecular weight excluding hydrogens is 512 g/mol. The first-order valence-electron chi connectivity index (χ1n) is 14.8. The van der Waals surface area contributed by atoms with Gasteiger partial charge in [-0.15, -0.1) is 0 Å². The van der Waals surface area contributed by atoms with Crippen molar-refractivity contribution in [3.05, 3.63) is 66.5 Å². The fourth-order valence-corrected chi connectivity index (χ4v) is 6.51. The summed E-state index contributed by atoms with van der Waals surface area (Å²) < 4.78 is 6.58. The number of aromatic nitrogens is 3. The number of carbonyl (C=O) groups is 1. The topological polar surface area (TPSA) is 101 Å². The number of nitrogens with one attached hydrogen (secondary N) is 3. The van der Waals surface area contributed by atoms with Crippen LogP contribution in [0, 0.1) is 30.6 Å². The van der Waals surface area contributed by atoms with Gasteiger partial charge in [-0.3, -0.25) is 4.79 Å². The fourth-order valence-electron chi connectivity index (χ4n) is 6.51. The quantitative estimate of drug-likeness (QED) is 0.241. The minimum Gasteiger partial charge on any atom is -0.437 e. The lowest BCUT2D eigenvalue weighted by Gasteiger charge is -2.23. The largest absolute Gasteiger partial charge is 0.437 e. The highest BCUT2D eigenvalue weighted by molar-refractivity contribution is 6.05. The average Bonchev–Trinajstić information content (AvgIpc) is 3.92. The number of fused-ring (bicyclic) bond motifs is 1. The third kappa shape index (κ3) is 5.24. The molecule has 3 N–H and O–H groups in total. The van der Waals surface area contributed by atoms with Crippen LogP contribution >= 0.6 is 0 Å². The number of carbonyl (C=O) groups excluding carboxylic acids is 1. The van der Waals surface area contributed by atoms with Crippen molar-refractivity contribution < 1.29 is 9.53 Å². The summed E-state index contributed by atoms with van der Waals surface area (Å²) in [6, 6.07) is 16.1. The van der Waals surface area contributed by atoms with E-state index in [9.17, 15) is 4.79 Å². The van der Waals surface area contributed by atoms with E-state index in [0.29, 0.717) is 29.7 Å². The van der Waals surface area contributed by atoms with Gasteiger partial charge in [0, 0.05) is 47.4 Å². The van der Waals surface area contributed by atoms with E-state index in [1.165, 1.54) is 12.8 Å². The molecule has 3 heterocycles. The summed E-state index contributed by atoms with van der Waals surface area (Å²) in [5, 5.41) is 12.0. The summed E-state index contributed by atoms with van der Waals surface area (Å²) >= 11 is 0. The molecule has 1 saturated heterocycles. The van der Waals surface area contributed by atoms with E-state index in [1.54, 1.807) is 12.4 Å². The second-order valence-corrected chi connectivity index (χ2v) is 11.8. The van der Waals surface area contributed by atoms with Gasteiger partial charge in [-0.1, -0.05) is 31.2 Å². The van der Waals surface area contributed by atoms with Gasteiger partial charge in [0.05, 0.1) is 11.3 Å². The van der Waals surface area contributed by atoms with Crippen LogP contribution in [0.3, 0.4) is 0 Å². The van der Waals surface area contributed by atoms with Crippen molar-refractivity contribution in [3.63, 3.8) is 0 Å². The maximum Gasteiger partial charge on any atom is 0.228 e. The molecule has 210 valence electrons. The minimum absolute atomic E-state index is 0.122. The van der Waals surface area contributed by atoms with Crippen molar-refractivity contribution in [3.8, 4) is 22.9 Å². The predicted octanol–water partition coefficient (Wildman–Crippen LogP) is 6.19. The molecule has 3 unspecified atom stereocenters. The van der Waals surface area contributed by atoms with E-state index >= 15 is 0 Å². The van der Waals surface area contributed by atoms with E-state index in [1.807, 2.05) is 49.4 Å². The number of anilines is 2. The van der Waals surface area contributed by atoms with Crippen LogP contribution in [0.2, 0.25) is 0 Å². The number of aryl methyl sites for hydroxylation is 1. The van der Waals surface area contributed by atoms with Gasteiger partial charge in [-0.25, -0.2) is 15.0 Å². The Morgan fingerprint density at radius 2 is 1.90 bits per heavy atom. The molecule has 2 aromatic heterocycles. The first kappa shape index (κ1) is 25.9. The lowest BCUT2D eigenvalue weighted by atomic mass is 10.0. The van der Waals surface area contributed by atoms with Gasteiger partial charge >= 0.3 is 0 Å². The monoisotopic (exact) mass is 548 g/mol. The number of rotatable bonds is 8. The number of nitrogens with zero attached hydrogens (tertiary/aromatic N) is 3. The lowest BCUT2D eigenvalue weighted by Crippen LogP contribution is -2.38. The Morgan fingerprint density at radius 1 is 1.00 bits per heavy atom. The van der Waals surface area contributed by atoms with E-state index < -0.39 is 0 Å². The molecule has 41 heavy (non-hydrogen) atoms. The van der Waals surface area contributed by atoms with Gasteiger partial charge in [0.1, 0.15) is 5.75 Å². The second kappa shape index (κ2) is 10.7. The van der Waals surface area contributed by atoms with Crippen molar-refractivity contribution in [2.75, 3.05) is 23.7 Å². The highest BCUT2D eigenvalue weighted by atomic mass is 16.5. The van der Waals surface area contributed by atoms with Gasteiger partial charge in [0.2, 0.25) is 17.7 Å². The number of ether oxygens (including phenoxy) is 1. The maximum absolute atomic E-state index is 13.2. The molecule has 2 aromatic carbocycles. The van der Waals surface area contributed by atoms with Crippen molar-refractivity contribution in [2.24, 2.45) is 23.7 Å². The molecule has 2 saturated carbocycles. The first-order valence-corrected chi connectivity index (χ1v) is 14.8. The Kier molecular flexibility index (Phi) is 6.79. The van der Waals surface area contributed by atoms with Crippen molar-refractivity contribution in [2.45, 2.75) is 45.6 Å². The molecule has 0 spiro atoms. The Bertz CT molecular complexity index is 1600. The highest BCUT2D eigenvalue weighted by Gasteiger charge is 2.57. The smallest absolute Gasteiger partial charge is 0.228 e. The molecular formula is C33H36N6O2. The van der Waals surface area contributed by atoms with Gasteiger partial charge < -0.3 is 20.7 Å². The molecule has 0 bridgehead atoms. The fraction of sp³-hybridized carbons (Fsp3) is 0.394. The number of pyridine rings is 1. The zero-order valence-corrected chi connectivity index (χ0v) is 23.6. The zero-order chi connectivity index (χ0) is 27.9. The van der Waals surface area contributed by atoms with Gasteiger partial charge in [0.25, 0.3) is 0 Å². The number of benzene rings is 2. The molecule has 3 aliphatic rings. The van der Waals surface area contributed by atoms with E-state index in [4.69, 9.17) is 9.72 Å². The molecule has 1 amide bonds. The SMILES string of the molecule is Cc1ccc2c(NC(=O)C3C(C)C3C3CC3)cccc2c1Oc1ncccc1-c1ccnc(N[C@H]2CCCNC2)n1. The second-order valence-electron chi connectivity index (χ2n) is 11.8. The Balaban J connectivity index is 1.17.